The minimum atomic E-state index is 0.409. The van der Waals surface area contributed by atoms with Gasteiger partial charge in [0.05, 0.1) is 0 Å². The summed E-state index contributed by atoms with van der Waals surface area (Å²) >= 11 is 0. The summed E-state index contributed by atoms with van der Waals surface area (Å²) < 4.78 is 0. The fourth-order valence-corrected chi connectivity index (χ4v) is 3.63. The zero-order valence-corrected chi connectivity index (χ0v) is 12.0. The van der Waals surface area contributed by atoms with Crippen molar-refractivity contribution in [2.75, 3.05) is 27.2 Å². The number of likely N-dealkylation sites (tertiary alicyclic amines) is 1. The zero-order valence-electron chi connectivity index (χ0n) is 12.0. The van der Waals surface area contributed by atoms with Crippen LogP contribution in [0.3, 0.4) is 0 Å². The number of nitrogens with zero attached hydrogens (tertiary/aromatic N) is 2. The van der Waals surface area contributed by atoms with E-state index in [1.165, 1.54) is 43.5 Å². The number of phenolic OH excluding ortho intramolecular Hbond substituents is 1. The Hall–Kier alpha value is -1.06. The van der Waals surface area contributed by atoms with Gasteiger partial charge in [0, 0.05) is 25.2 Å². The zero-order chi connectivity index (χ0) is 13.4. The van der Waals surface area contributed by atoms with Gasteiger partial charge in [0.15, 0.2) is 0 Å². The third-order valence-electron chi connectivity index (χ3n) is 4.78. The van der Waals surface area contributed by atoms with Gasteiger partial charge >= 0.3 is 0 Å². The maximum atomic E-state index is 9.63. The maximum absolute atomic E-state index is 9.63. The lowest BCUT2D eigenvalue weighted by atomic mass is 9.87. The molecule has 1 N–H and O–H groups in total. The number of fused-ring (bicyclic) bond motifs is 1. The molecule has 0 saturated carbocycles. The highest BCUT2D eigenvalue weighted by molar-refractivity contribution is 5.38. The molecule has 3 rings (SSSR count). The smallest absolute Gasteiger partial charge is 0.115 e. The average Bonchev–Trinajstić information content (AvgIpc) is 2.87. The Morgan fingerprint density at radius 2 is 2.11 bits per heavy atom. The molecule has 0 amide bonds. The van der Waals surface area contributed by atoms with Crippen molar-refractivity contribution in [1.82, 2.24) is 9.80 Å². The summed E-state index contributed by atoms with van der Waals surface area (Å²) in [5.41, 5.74) is 2.80. The van der Waals surface area contributed by atoms with Crippen LogP contribution >= 0.6 is 0 Å². The quantitative estimate of drug-likeness (QED) is 0.884. The van der Waals surface area contributed by atoms with Crippen molar-refractivity contribution in [3.05, 3.63) is 29.3 Å². The molecule has 19 heavy (non-hydrogen) atoms. The van der Waals surface area contributed by atoms with Gasteiger partial charge in [0.1, 0.15) is 5.75 Å². The Morgan fingerprint density at radius 3 is 2.84 bits per heavy atom. The van der Waals surface area contributed by atoms with Crippen molar-refractivity contribution < 1.29 is 5.11 Å². The number of hydrogen-bond donors (Lipinski definition) is 1. The van der Waals surface area contributed by atoms with E-state index in [1.807, 2.05) is 12.1 Å². The first-order valence-electron chi connectivity index (χ1n) is 7.37. The molecule has 3 heteroatoms. The van der Waals surface area contributed by atoms with Gasteiger partial charge in [0.2, 0.25) is 0 Å². The molecule has 0 aromatic heterocycles. The van der Waals surface area contributed by atoms with E-state index in [0.717, 1.165) is 6.42 Å². The number of aromatic hydroxyl groups is 1. The van der Waals surface area contributed by atoms with Gasteiger partial charge in [-0.3, -0.25) is 4.90 Å². The SMILES string of the molecule is CN(C)C1CCN(C2CCCc3cc(O)ccc32)C1. The molecule has 2 aliphatic rings. The maximum Gasteiger partial charge on any atom is 0.115 e. The molecule has 0 radical (unpaired) electrons. The van der Waals surface area contributed by atoms with Crippen molar-refractivity contribution in [2.45, 2.75) is 37.8 Å². The Morgan fingerprint density at radius 1 is 1.26 bits per heavy atom. The molecule has 1 aliphatic heterocycles. The van der Waals surface area contributed by atoms with Gasteiger partial charge in [0.25, 0.3) is 0 Å². The molecular weight excluding hydrogens is 236 g/mol. The molecule has 1 aromatic rings. The number of phenols is 1. The Balaban J connectivity index is 1.81. The fraction of sp³-hybridized carbons (Fsp3) is 0.625. The number of benzene rings is 1. The van der Waals surface area contributed by atoms with E-state index in [1.54, 1.807) is 0 Å². The summed E-state index contributed by atoms with van der Waals surface area (Å²) in [5.74, 6) is 0.409. The predicted molar refractivity (Wildman–Crippen MR) is 77.5 cm³/mol. The molecule has 1 aliphatic carbocycles. The van der Waals surface area contributed by atoms with Gasteiger partial charge in [-0.15, -0.1) is 0 Å². The average molecular weight is 260 g/mol. The number of likely N-dealkylation sites (N-methyl/N-ethyl adjacent to an activating group) is 1. The monoisotopic (exact) mass is 260 g/mol. The van der Waals surface area contributed by atoms with E-state index in [2.05, 4.69) is 30.0 Å². The molecule has 2 atom stereocenters. The van der Waals surface area contributed by atoms with E-state index in [0.29, 0.717) is 17.8 Å². The van der Waals surface area contributed by atoms with Crippen molar-refractivity contribution in [1.29, 1.82) is 0 Å². The van der Waals surface area contributed by atoms with E-state index in [9.17, 15) is 5.11 Å². The number of aryl methyl sites for hydroxylation is 1. The molecule has 3 nitrogen and oxygen atoms in total. The third-order valence-corrected chi connectivity index (χ3v) is 4.78. The molecule has 0 spiro atoms. The minimum absolute atomic E-state index is 0.409. The first-order chi connectivity index (χ1) is 9.15. The summed E-state index contributed by atoms with van der Waals surface area (Å²) in [6.45, 7) is 2.38. The second-order valence-electron chi connectivity index (χ2n) is 6.19. The number of hydrogen-bond acceptors (Lipinski definition) is 3. The lowest BCUT2D eigenvalue weighted by Crippen LogP contribution is -2.34. The van der Waals surface area contributed by atoms with E-state index >= 15 is 0 Å². The summed E-state index contributed by atoms with van der Waals surface area (Å²) in [7, 11) is 4.36. The highest BCUT2D eigenvalue weighted by Gasteiger charge is 2.32. The van der Waals surface area contributed by atoms with Gasteiger partial charge < -0.3 is 10.0 Å². The third kappa shape index (κ3) is 2.49. The Labute approximate surface area is 115 Å². The van der Waals surface area contributed by atoms with Crippen molar-refractivity contribution in [3.63, 3.8) is 0 Å². The first-order valence-corrected chi connectivity index (χ1v) is 7.37. The Bertz CT molecular complexity index is 458. The van der Waals surface area contributed by atoms with Gasteiger partial charge in [-0.1, -0.05) is 6.07 Å². The van der Waals surface area contributed by atoms with Crippen LogP contribution in [0.5, 0.6) is 5.75 Å². The highest BCUT2D eigenvalue weighted by atomic mass is 16.3. The molecule has 1 fully saturated rings. The van der Waals surface area contributed by atoms with Gasteiger partial charge in [-0.2, -0.15) is 0 Å². The largest absolute Gasteiger partial charge is 0.508 e. The van der Waals surface area contributed by atoms with Crippen LogP contribution in [0.25, 0.3) is 0 Å². The van der Waals surface area contributed by atoms with Crippen LogP contribution in [0.2, 0.25) is 0 Å². The van der Waals surface area contributed by atoms with Crippen LogP contribution in [0, 0.1) is 0 Å². The number of rotatable bonds is 2. The highest BCUT2D eigenvalue weighted by Crippen LogP contribution is 2.37. The van der Waals surface area contributed by atoms with Crippen LogP contribution < -0.4 is 0 Å². The van der Waals surface area contributed by atoms with Crippen LogP contribution in [0.1, 0.15) is 36.4 Å². The van der Waals surface area contributed by atoms with Crippen molar-refractivity contribution in [2.24, 2.45) is 0 Å². The summed E-state index contributed by atoms with van der Waals surface area (Å²) in [4.78, 5) is 4.99. The van der Waals surface area contributed by atoms with Crippen molar-refractivity contribution in [3.8, 4) is 5.75 Å². The molecule has 104 valence electrons. The normalized spacial score (nSPS) is 27.7. The molecule has 2 unspecified atom stereocenters. The van der Waals surface area contributed by atoms with Crippen LogP contribution in [0.4, 0.5) is 0 Å². The van der Waals surface area contributed by atoms with E-state index in [4.69, 9.17) is 0 Å². The topological polar surface area (TPSA) is 26.7 Å². The minimum Gasteiger partial charge on any atom is -0.508 e. The Kier molecular flexibility index (Phi) is 3.50. The second kappa shape index (κ2) is 5.14. The fourth-order valence-electron chi connectivity index (χ4n) is 3.63. The van der Waals surface area contributed by atoms with Crippen LogP contribution in [-0.4, -0.2) is 48.1 Å². The van der Waals surface area contributed by atoms with Gasteiger partial charge in [-0.25, -0.2) is 0 Å². The predicted octanol–water partition coefficient (Wildman–Crippen LogP) is 2.41. The molecular formula is C16H24N2O. The second-order valence-corrected chi connectivity index (χ2v) is 6.19. The van der Waals surface area contributed by atoms with Crippen LogP contribution in [-0.2, 0) is 6.42 Å². The molecule has 1 heterocycles. The van der Waals surface area contributed by atoms with Crippen molar-refractivity contribution >= 4 is 0 Å². The molecule has 0 bridgehead atoms. The van der Waals surface area contributed by atoms with Gasteiger partial charge in [-0.05, 0) is 63.0 Å². The summed E-state index contributed by atoms with van der Waals surface area (Å²) in [5, 5.41) is 9.63. The lowest BCUT2D eigenvalue weighted by molar-refractivity contribution is 0.199. The van der Waals surface area contributed by atoms with E-state index < -0.39 is 0 Å². The summed E-state index contributed by atoms with van der Waals surface area (Å²) in [6, 6.07) is 7.20. The van der Waals surface area contributed by atoms with E-state index in [-0.39, 0.29) is 0 Å². The first kappa shape index (κ1) is 12.9. The molecule has 1 saturated heterocycles. The molecule has 1 aromatic carbocycles. The summed E-state index contributed by atoms with van der Waals surface area (Å²) in [6.07, 6.45) is 4.89. The van der Waals surface area contributed by atoms with Crippen LogP contribution in [0.15, 0.2) is 18.2 Å². The standard InChI is InChI=1S/C16H24N2O/c1-17(2)13-8-9-18(11-13)16-5-3-4-12-10-14(19)6-7-15(12)16/h6-7,10,13,16,19H,3-5,8-9,11H2,1-2H3. The lowest BCUT2D eigenvalue weighted by Gasteiger charge is -2.33.